The van der Waals surface area contributed by atoms with E-state index in [0.717, 1.165) is 37.8 Å². The van der Waals surface area contributed by atoms with Gasteiger partial charge in [-0.3, -0.25) is 4.79 Å². The number of hydrogen-bond donors (Lipinski definition) is 1. The van der Waals surface area contributed by atoms with Crippen LogP contribution >= 0.6 is 0 Å². The van der Waals surface area contributed by atoms with E-state index in [9.17, 15) is 13.2 Å². The Morgan fingerprint density at radius 2 is 1.53 bits per heavy atom. The Hall–Kier alpha value is -2.22. The van der Waals surface area contributed by atoms with Crippen molar-refractivity contribution in [3.8, 4) is 0 Å². The Balaban J connectivity index is 1.66. The number of carbonyl (C=O) groups excluding carboxylic acids is 1. The third kappa shape index (κ3) is 5.68. The number of nitrogens with one attached hydrogen (secondary N) is 1. The Morgan fingerprint density at radius 1 is 0.933 bits per heavy atom. The van der Waals surface area contributed by atoms with Crippen molar-refractivity contribution in [1.82, 2.24) is 14.5 Å². The number of rotatable bonds is 7. The molecule has 0 unspecified atom stereocenters. The highest BCUT2D eigenvalue weighted by Gasteiger charge is 2.25. The molecule has 2 aromatic carbocycles. The van der Waals surface area contributed by atoms with Crippen LogP contribution in [0.4, 0.5) is 0 Å². The molecule has 1 amide bonds. The van der Waals surface area contributed by atoms with Crippen molar-refractivity contribution in [2.75, 3.05) is 27.2 Å². The second-order valence-electron chi connectivity index (χ2n) is 8.03. The summed E-state index contributed by atoms with van der Waals surface area (Å²) < 4.78 is 27.3. The molecule has 0 saturated carbocycles. The monoisotopic (exact) mass is 429 g/mol. The van der Waals surface area contributed by atoms with E-state index in [1.165, 1.54) is 17.7 Å². The van der Waals surface area contributed by atoms with Crippen molar-refractivity contribution in [2.45, 2.75) is 43.7 Å². The van der Waals surface area contributed by atoms with E-state index < -0.39 is 10.0 Å². The summed E-state index contributed by atoms with van der Waals surface area (Å²) in [6.45, 7) is 2.36. The van der Waals surface area contributed by atoms with Crippen LogP contribution in [0.5, 0.6) is 0 Å². The molecule has 1 heterocycles. The third-order valence-corrected chi connectivity index (χ3v) is 7.28. The van der Waals surface area contributed by atoms with E-state index in [1.54, 1.807) is 16.4 Å². The lowest BCUT2D eigenvalue weighted by molar-refractivity contribution is 0.0950. The van der Waals surface area contributed by atoms with Gasteiger partial charge in [0.25, 0.3) is 5.91 Å². The normalized spacial score (nSPS) is 15.7. The maximum atomic E-state index is 12.9. The van der Waals surface area contributed by atoms with E-state index in [-0.39, 0.29) is 10.8 Å². The smallest absolute Gasteiger partial charge is 0.251 e. The fourth-order valence-electron chi connectivity index (χ4n) is 3.71. The van der Waals surface area contributed by atoms with Gasteiger partial charge in [-0.05, 0) is 62.3 Å². The van der Waals surface area contributed by atoms with Crippen molar-refractivity contribution in [3.63, 3.8) is 0 Å². The highest BCUT2D eigenvalue weighted by atomic mass is 32.2. The van der Waals surface area contributed by atoms with E-state index in [2.05, 4.69) is 16.3 Å². The van der Waals surface area contributed by atoms with Gasteiger partial charge >= 0.3 is 0 Å². The molecule has 0 aliphatic carbocycles. The van der Waals surface area contributed by atoms with Gasteiger partial charge in [-0.25, -0.2) is 8.42 Å². The molecule has 7 heteroatoms. The molecule has 0 spiro atoms. The molecule has 2 aromatic rings. The highest BCUT2D eigenvalue weighted by molar-refractivity contribution is 7.89. The van der Waals surface area contributed by atoms with Crippen LogP contribution in [0.2, 0.25) is 0 Å². The van der Waals surface area contributed by atoms with E-state index in [0.29, 0.717) is 25.2 Å². The second kappa shape index (κ2) is 10.2. The van der Waals surface area contributed by atoms with Gasteiger partial charge in [0.15, 0.2) is 0 Å². The minimum Gasteiger partial charge on any atom is -0.348 e. The first-order chi connectivity index (χ1) is 14.4. The van der Waals surface area contributed by atoms with Crippen LogP contribution in [0.3, 0.4) is 0 Å². The Bertz CT molecular complexity index is 948. The average molecular weight is 430 g/mol. The van der Waals surface area contributed by atoms with Crippen molar-refractivity contribution < 1.29 is 13.2 Å². The van der Waals surface area contributed by atoms with Gasteiger partial charge < -0.3 is 10.2 Å². The fourth-order valence-corrected chi connectivity index (χ4v) is 5.23. The summed E-state index contributed by atoms with van der Waals surface area (Å²) in [7, 11) is 0.518. The quantitative estimate of drug-likeness (QED) is 0.734. The maximum absolute atomic E-state index is 12.9. The number of carbonyl (C=O) groups is 1. The first-order valence-corrected chi connectivity index (χ1v) is 11.9. The zero-order chi connectivity index (χ0) is 21.6. The van der Waals surface area contributed by atoms with Gasteiger partial charge in [0, 0.05) is 31.7 Å². The molecule has 1 saturated heterocycles. The summed E-state index contributed by atoms with van der Waals surface area (Å²) in [5.41, 5.74) is 2.69. The lowest BCUT2D eigenvalue weighted by Gasteiger charge is -2.20. The van der Waals surface area contributed by atoms with Crippen LogP contribution in [0.25, 0.3) is 0 Å². The average Bonchev–Trinajstić information content (AvgIpc) is 3.03. The van der Waals surface area contributed by atoms with Crippen LogP contribution in [0, 0.1) is 0 Å². The topological polar surface area (TPSA) is 69.7 Å². The molecule has 0 bridgehead atoms. The minimum atomic E-state index is -3.50. The van der Waals surface area contributed by atoms with Crippen molar-refractivity contribution in [1.29, 1.82) is 0 Å². The maximum Gasteiger partial charge on any atom is 0.251 e. The van der Waals surface area contributed by atoms with Crippen molar-refractivity contribution in [2.24, 2.45) is 0 Å². The van der Waals surface area contributed by atoms with Gasteiger partial charge in [0.2, 0.25) is 10.0 Å². The molecule has 0 radical (unpaired) electrons. The largest absolute Gasteiger partial charge is 0.348 e. The van der Waals surface area contributed by atoms with Crippen LogP contribution in [0.1, 0.15) is 47.2 Å². The van der Waals surface area contributed by atoms with E-state index >= 15 is 0 Å². The summed E-state index contributed by atoms with van der Waals surface area (Å²) in [6, 6.07) is 14.3. The lowest BCUT2D eigenvalue weighted by Crippen LogP contribution is -2.32. The van der Waals surface area contributed by atoms with E-state index in [4.69, 9.17) is 0 Å². The Kier molecular flexibility index (Phi) is 7.64. The predicted octanol–water partition coefficient (Wildman–Crippen LogP) is 3.24. The molecule has 3 rings (SSSR count). The van der Waals surface area contributed by atoms with Gasteiger partial charge in [-0.2, -0.15) is 4.31 Å². The third-order valence-electron chi connectivity index (χ3n) is 5.36. The molecule has 1 N–H and O–H groups in total. The molecule has 1 aliphatic heterocycles. The Morgan fingerprint density at radius 3 is 2.13 bits per heavy atom. The summed E-state index contributed by atoms with van der Waals surface area (Å²) in [6.07, 6.45) is 3.94. The molecule has 162 valence electrons. The lowest BCUT2D eigenvalue weighted by atomic mass is 10.1. The summed E-state index contributed by atoms with van der Waals surface area (Å²) in [5.74, 6) is -0.214. The molecule has 0 aromatic heterocycles. The molecule has 30 heavy (non-hydrogen) atoms. The van der Waals surface area contributed by atoms with Crippen LogP contribution in [0.15, 0.2) is 53.4 Å². The zero-order valence-corrected chi connectivity index (χ0v) is 18.6. The van der Waals surface area contributed by atoms with Crippen LogP contribution < -0.4 is 5.32 Å². The van der Waals surface area contributed by atoms with Crippen LogP contribution in [-0.4, -0.2) is 50.7 Å². The molecule has 0 atom stereocenters. The molecule has 1 fully saturated rings. The number of nitrogens with zero attached hydrogens (tertiary/aromatic N) is 2. The fraction of sp³-hybridized carbons (Fsp3) is 0.435. The molecular formula is C23H31N3O3S. The summed E-state index contributed by atoms with van der Waals surface area (Å²) in [4.78, 5) is 14.9. The van der Waals surface area contributed by atoms with Crippen molar-refractivity contribution in [3.05, 3.63) is 65.2 Å². The summed E-state index contributed by atoms with van der Waals surface area (Å²) >= 11 is 0. The standard InChI is InChI=1S/C23H31N3O3S/c1-25(2)18-21-10-6-5-9-20(21)17-24-23(27)19-11-13-22(14-12-19)30(28,29)26-15-7-3-4-8-16-26/h5-6,9-14H,3-4,7-8,15-18H2,1-2H3,(H,24,27). The number of sulfonamides is 1. The van der Waals surface area contributed by atoms with Crippen LogP contribution in [-0.2, 0) is 23.1 Å². The minimum absolute atomic E-state index is 0.214. The van der Waals surface area contributed by atoms with Crippen molar-refractivity contribution >= 4 is 15.9 Å². The second-order valence-corrected chi connectivity index (χ2v) is 9.97. The molecular weight excluding hydrogens is 398 g/mol. The number of hydrogen-bond acceptors (Lipinski definition) is 4. The van der Waals surface area contributed by atoms with Gasteiger partial charge in [0.05, 0.1) is 4.90 Å². The number of benzene rings is 2. The molecule has 6 nitrogen and oxygen atoms in total. The van der Waals surface area contributed by atoms with E-state index in [1.807, 2.05) is 32.3 Å². The Labute approximate surface area is 179 Å². The first kappa shape index (κ1) is 22.5. The van der Waals surface area contributed by atoms with Gasteiger partial charge in [-0.1, -0.05) is 37.1 Å². The first-order valence-electron chi connectivity index (χ1n) is 10.5. The van der Waals surface area contributed by atoms with Gasteiger partial charge in [-0.15, -0.1) is 0 Å². The number of amides is 1. The van der Waals surface area contributed by atoms with Gasteiger partial charge in [0.1, 0.15) is 0 Å². The summed E-state index contributed by atoms with van der Waals surface area (Å²) in [5, 5.41) is 2.94. The zero-order valence-electron chi connectivity index (χ0n) is 17.8. The SMILES string of the molecule is CN(C)Cc1ccccc1CNC(=O)c1ccc(S(=O)(=O)N2CCCCCC2)cc1. The predicted molar refractivity (Wildman–Crippen MR) is 119 cm³/mol. The molecule has 1 aliphatic rings. The highest BCUT2D eigenvalue weighted by Crippen LogP contribution is 2.21.